The van der Waals surface area contributed by atoms with Crippen molar-refractivity contribution in [3.8, 4) is 5.75 Å². The number of ether oxygens (including phenoxy) is 1. The van der Waals surface area contributed by atoms with Gasteiger partial charge in [-0.2, -0.15) is 0 Å². The molecule has 0 spiro atoms. The molecule has 1 heterocycles. The van der Waals surface area contributed by atoms with Gasteiger partial charge < -0.3 is 4.74 Å². The summed E-state index contributed by atoms with van der Waals surface area (Å²) in [6, 6.07) is 28.0. The predicted octanol–water partition coefficient (Wildman–Crippen LogP) is 5.54. The Hall–Kier alpha value is -2.45. The Morgan fingerprint density at radius 2 is 1.52 bits per heavy atom. The van der Waals surface area contributed by atoms with Crippen LogP contribution in [0.25, 0.3) is 11.0 Å². The van der Waals surface area contributed by atoms with Gasteiger partial charge in [0.1, 0.15) is 12.0 Å². The Kier molecular flexibility index (Phi) is 4.37. The van der Waals surface area contributed by atoms with Crippen LogP contribution in [0, 0.1) is 0 Å². The summed E-state index contributed by atoms with van der Waals surface area (Å²) in [6.07, 6.45) is 4.71. The Labute approximate surface area is 152 Å². The Morgan fingerprint density at radius 3 is 2.20 bits per heavy atom. The molecule has 0 saturated heterocycles. The van der Waals surface area contributed by atoms with Gasteiger partial charge >= 0.3 is 0 Å². The molecule has 0 amide bonds. The van der Waals surface area contributed by atoms with Gasteiger partial charge in [-0.25, -0.2) is 0 Å². The largest absolute Gasteiger partial charge is 0.497 e. The van der Waals surface area contributed by atoms with E-state index < -0.39 is 0 Å². The molecular weight excluding hydrogens is 324 g/mol. The van der Waals surface area contributed by atoms with Crippen LogP contribution in [0.1, 0.15) is 27.5 Å². The molecule has 0 fully saturated rings. The van der Waals surface area contributed by atoms with Gasteiger partial charge in [0.2, 0.25) is 0 Å². The minimum absolute atomic E-state index is 0.0662. The molecule has 3 aromatic rings. The Morgan fingerprint density at radius 1 is 0.840 bits per heavy atom. The third-order valence-corrected chi connectivity index (χ3v) is 7.00. The Balaban J connectivity index is 1.91. The minimum atomic E-state index is 0.0662. The Bertz CT molecular complexity index is 900. The molecule has 0 saturated carbocycles. The van der Waals surface area contributed by atoms with Gasteiger partial charge in [-0.1, -0.05) is 54.6 Å². The van der Waals surface area contributed by atoms with Crippen molar-refractivity contribution in [1.29, 1.82) is 0 Å². The molecule has 0 aliphatic carbocycles. The molecule has 0 aromatic heterocycles. The highest BCUT2D eigenvalue weighted by Crippen LogP contribution is 2.45. The molecule has 2 heteroatoms. The van der Waals surface area contributed by atoms with Crippen molar-refractivity contribution in [3.05, 3.63) is 101 Å². The first kappa shape index (κ1) is 16.0. The number of rotatable bonds is 3. The lowest BCUT2D eigenvalue weighted by molar-refractivity contribution is 0.414. The maximum absolute atomic E-state index is 5.49. The van der Waals surface area contributed by atoms with Crippen LogP contribution in [-0.2, 0) is 10.9 Å². The van der Waals surface area contributed by atoms with Gasteiger partial charge in [0, 0.05) is 33.7 Å². The van der Waals surface area contributed by atoms with Crippen molar-refractivity contribution >= 4 is 21.9 Å². The van der Waals surface area contributed by atoms with E-state index in [1.807, 2.05) is 0 Å². The maximum Gasteiger partial charge on any atom is 0.174 e. The summed E-state index contributed by atoms with van der Waals surface area (Å²) in [4.78, 5) is 1.42. The van der Waals surface area contributed by atoms with Gasteiger partial charge in [0.15, 0.2) is 10.2 Å². The van der Waals surface area contributed by atoms with E-state index in [0.717, 1.165) is 5.75 Å². The molecular formula is C23H21OS+. The first-order valence-corrected chi connectivity index (χ1v) is 10.1. The first-order chi connectivity index (χ1) is 12.3. The van der Waals surface area contributed by atoms with E-state index in [1.165, 1.54) is 27.2 Å². The van der Waals surface area contributed by atoms with Crippen molar-refractivity contribution < 1.29 is 4.74 Å². The number of hydrogen-bond acceptors (Lipinski definition) is 1. The van der Waals surface area contributed by atoms with Crippen molar-refractivity contribution in [2.45, 2.75) is 5.25 Å². The van der Waals surface area contributed by atoms with Crippen LogP contribution in [0.2, 0.25) is 0 Å². The summed E-state index contributed by atoms with van der Waals surface area (Å²) in [7, 11) is 1.80. The second-order valence-corrected chi connectivity index (χ2v) is 8.24. The van der Waals surface area contributed by atoms with E-state index in [-0.39, 0.29) is 10.9 Å². The first-order valence-electron chi connectivity index (χ1n) is 8.42. The fourth-order valence-corrected chi connectivity index (χ4v) is 5.70. The topological polar surface area (TPSA) is 9.23 Å². The molecule has 124 valence electrons. The summed E-state index contributed by atoms with van der Waals surface area (Å²) < 4.78 is 5.49. The zero-order valence-corrected chi connectivity index (χ0v) is 15.3. The smallest absolute Gasteiger partial charge is 0.174 e. The van der Waals surface area contributed by atoms with Crippen LogP contribution in [0.3, 0.4) is 0 Å². The SMILES string of the molecule is COc1ccc2c(c1)[C@H](c1ccccc1)[S+](C)C(c1ccccc1)=C2. The molecule has 1 unspecified atom stereocenters. The van der Waals surface area contributed by atoms with Gasteiger partial charge in [-0.05, 0) is 29.8 Å². The maximum atomic E-state index is 5.49. The second-order valence-electron chi connectivity index (χ2n) is 6.22. The predicted molar refractivity (Wildman–Crippen MR) is 109 cm³/mol. The number of benzene rings is 3. The van der Waals surface area contributed by atoms with Crippen LogP contribution in [0.4, 0.5) is 0 Å². The van der Waals surface area contributed by atoms with Gasteiger partial charge in [0.05, 0.1) is 7.11 Å². The fourth-order valence-electron chi connectivity index (χ4n) is 3.47. The van der Waals surface area contributed by atoms with Crippen LogP contribution >= 0.6 is 0 Å². The number of hydrogen-bond donors (Lipinski definition) is 0. The van der Waals surface area contributed by atoms with Gasteiger partial charge in [-0.3, -0.25) is 0 Å². The molecule has 3 aromatic carbocycles. The van der Waals surface area contributed by atoms with E-state index in [0.29, 0.717) is 5.25 Å². The van der Waals surface area contributed by atoms with E-state index in [9.17, 15) is 0 Å². The standard InChI is InChI=1S/C23H21OS/c1-24-20-14-13-19-15-22(17-9-5-3-6-10-17)25(2)23(21(19)16-20)18-11-7-4-8-12-18/h3-16,23H,1-2H3/q+1/t23-,25?/m0/s1. The van der Waals surface area contributed by atoms with E-state index in [1.54, 1.807) is 7.11 Å². The molecule has 4 rings (SSSR count). The number of fused-ring (bicyclic) bond motifs is 1. The fraction of sp³-hybridized carbons (Fsp3) is 0.130. The molecule has 1 aliphatic heterocycles. The lowest BCUT2D eigenvalue weighted by Gasteiger charge is -2.25. The lowest BCUT2D eigenvalue weighted by Crippen LogP contribution is -2.19. The minimum Gasteiger partial charge on any atom is -0.497 e. The van der Waals surface area contributed by atoms with Crippen molar-refractivity contribution in [2.75, 3.05) is 13.4 Å². The summed E-state index contributed by atoms with van der Waals surface area (Å²) in [6.45, 7) is 0. The highest BCUT2D eigenvalue weighted by Gasteiger charge is 2.39. The van der Waals surface area contributed by atoms with Crippen molar-refractivity contribution in [3.63, 3.8) is 0 Å². The van der Waals surface area contributed by atoms with Crippen molar-refractivity contribution in [1.82, 2.24) is 0 Å². The molecule has 25 heavy (non-hydrogen) atoms. The average Bonchev–Trinajstić information content (AvgIpc) is 2.68. The van der Waals surface area contributed by atoms with Crippen LogP contribution in [0.15, 0.2) is 78.9 Å². The van der Waals surface area contributed by atoms with Gasteiger partial charge in [-0.15, -0.1) is 0 Å². The summed E-state index contributed by atoms with van der Waals surface area (Å²) in [5.74, 6) is 0.924. The van der Waals surface area contributed by atoms with Crippen LogP contribution in [-0.4, -0.2) is 13.4 Å². The van der Waals surface area contributed by atoms with Crippen LogP contribution in [0.5, 0.6) is 5.75 Å². The van der Waals surface area contributed by atoms with E-state index in [4.69, 9.17) is 4.74 Å². The molecule has 2 atom stereocenters. The third-order valence-electron chi connectivity index (χ3n) is 4.72. The number of methoxy groups -OCH3 is 1. The highest BCUT2D eigenvalue weighted by molar-refractivity contribution is 8.05. The second kappa shape index (κ2) is 6.81. The van der Waals surface area contributed by atoms with Gasteiger partial charge in [0.25, 0.3) is 0 Å². The van der Waals surface area contributed by atoms with E-state index in [2.05, 4.69) is 91.2 Å². The van der Waals surface area contributed by atoms with Crippen molar-refractivity contribution in [2.24, 2.45) is 0 Å². The summed E-state index contributed by atoms with van der Waals surface area (Å²) >= 11 is 0. The monoisotopic (exact) mass is 345 g/mol. The zero-order valence-electron chi connectivity index (χ0n) is 14.5. The molecule has 0 radical (unpaired) electrons. The quantitative estimate of drug-likeness (QED) is 0.566. The summed E-state index contributed by atoms with van der Waals surface area (Å²) in [5.41, 5.74) is 5.33. The van der Waals surface area contributed by atoms with E-state index >= 15 is 0 Å². The normalized spacial score (nSPS) is 19.0. The van der Waals surface area contributed by atoms with Crippen LogP contribution < -0.4 is 4.74 Å². The molecule has 1 aliphatic rings. The zero-order chi connectivity index (χ0) is 17.2. The highest BCUT2D eigenvalue weighted by atomic mass is 32.2. The lowest BCUT2D eigenvalue weighted by atomic mass is 9.97. The molecule has 1 nitrogen and oxygen atoms in total. The molecule has 0 bridgehead atoms. The summed E-state index contributed by atoms with van der Waals surface area (Å²) in [5, 5.41) is 0.353. The third kappa shape index (κ3) is 2.98. The average molecular weight is 345 g/mol. The molecule has 0 N–H and O–H groups in total.